The molecule has 0 atom stereocenters. The van der Waals surface area contributed by atoms with Crippen LogP contribution in [0.3, 0.4) is 0 Å². The summed E-state index contributed by atoms with van der Waals surface area (Å²) in [6, 6.07) is 66.1. The Morgan fingerprint density at radius 1 is 0.255 bits per heavy atom. The molecule has 0 radical (unpaired) electrons. The van der Waals surface area contributed by atoms with Gasteiger partial charge in [0, 0.05) is 44.7 Å². The molecule has 3 nitrogen and oxygen atoms in total. The molecule has 2 aromatic heterocycles. The van der Waals surface area contributed by atoms with Gasteiger partial charge in [0.05, 0.1) is 0 Å². The molecule has 0 saturated carbocycles. The second-order valence-electron chi connectivity index (χ2n) is 13.0. The average Bonchev–Trinajstić information content (AvgIpc) is 3.75. The SMILES string of the molecule is c1ccc(-c2ccc(N(c3ccc(-c4ccccc4)cc3)c3ccc4c(c3)oc3cc5c(cc34)oc3cc(-c4ccccc4)ccc35)cc2)cc1. The number of rotatable bonds is 6. The number of benzene rings is 8. The van der Waals surface area contributed by atoms with Crippen LogP contribution in [-0.4, -0.2) is 0 Å². The molecule has 0 aliphatic carbocycles. The van der Waals surface area contributed by atoms with E-state index in [1.54, 1.807) is 0 Å². The lowest BCUT2D eigenvalue weighted by molar-refractivity contribution is 0.664. The van der Waals surface area contributed by atoms with E-state index in [4.69, 9.17) is 8.83 Å². The van der Waals surface area contributed by atoms with Crippen molar-refractivity contribution in [2.45, 2.75) is 0 Å². The van der Waals surface area contributed by atoms with E-state index in [-0.39, 0.29) is 0 Å². The zero-order valence-electron chi connectivity index (χ0n) is 27.7. The number of fused-ring (bicyclic) bond motifs is 6. The highest BCUT2D eigenvalue weighted by molar-refractivity contribution is 6.15. The summed E-state index contributed by atoms with van der Waals surface area (Å²) in [5.41, 5.74) is 13.6. The number of hydrogen-bond donors (Lipinski definition) is 0. The van der Waals surface area contributed by atoms with E-state index < -0.39 is 0 Å². The number of anilines is 3. The Morgan fingerprint density at radius 2 is 0.608 bits per heavy atom. The maximum atomic E-state index is 6.62. The van der Waals surface area contributed by atoms with E-state index in [0.717, 1.165) is 66.5 Å². The second-order valence-corrected chi connectivity index (χ2v) is 13.0. The van der Waals surface area contributed by atoms with Crippen molar-refractivity contribution in [2.75, 3.05) is 4.90 Å². The largest absolute Gasteiger partial charge is 0.456 e. The quantitative estimate of drug-likeness (QED) is 0.179. The first kappa shape index (κ1) is 29.1. The molecule has 0 aliphatic heterocycles. The molecule has 10 aromatic rings. The summed E-state index contributed by atoms with van der Waals surface area (Å²) >= 11 is 0. The Kier molecular flexibility index (Phi) is 6.81. The third-order valence-electron chi connectivity index (χ3n) is 9.88. The van der Waals surface area contributed by atoms with Crippen LogP contribution in [0, 0.1) is 0 Å². The fourth-order valence-electron chi connectivity index (χ4n) is 7.30. The van der Waals surface area contributed by atoms with Gasteiger partial charge in [-0.1, -0.05) is 121 Å². The molecular weight excluding hydrogens is 623 g/mol. The van der Waals surface area contributed by atoms with Crippen LogP contribution in [0.25, 0.3) is 77.3 Å². The van der Waals surface area contributed by atoms with E-state index in [9.17, 15) is 0 Å². The molecule has 0 unspecified atom stereocenters. The van der Waals surface area contributed by atoms with Gasteiger partial charge >= 0.3 is 0 Å². The average molecular weight is 654 g/mol. The molecule has 0 bridgehead atoms. The minimum atomic E-state index is 0.831. The van der Waals surface area contributed by atoms with Gasteiger partial charge < -0.3 is 13.7 Å². The number of hydrogen-bond acceptors (Lipinski definition) is 3. The van der Waals surface area contributed by atoms with E-state index in [1.807, 2.05) is 18.2 Å². The summed E-state index contributed by atoms with van der Waals surface area (Å²) in [5.74, 6) is 0. The Morgan fingerprint density at radius 3 is 1.10 bits per heavy atom. The zero-order valence-corrected chi connectivity index (χ0v) is 27.7. The Labute approximate surface area is 295 Å². The molecule has 51 heavy (non-hydrogen) atoms. The van der Waals surface area contributed by atoms with Crippen molar-refractivity contribution < 1.29 is 8.83 Å². The monoisotopic (exact) mass is 653 g/mol. The van der Waals surface area contributed by atoms with E-state index >= 15 is 0 Å². The smallest absolute Gasteiger partial charge is 0.137 e. The Hall–Kier alpha value is -6.84. The molecular formula is C48H31NO2. The summed E-state index contributed by atoms with van der Waals surface area (Å²) in [6.45, 7) is 0. The second kappa shape index (κ2) is 11.9. The summed E-state index contributed by atoms with van der Waals surface area (Å²) in [6.07, 6.45) is 0. The maximum Gasteiger partial charge on any atom is 0.137 e. The summed E-state index contributed by atoms with van der Waals surface area (Å²) < 4.78 is 13.1. The van der Waals surface area contributed by atoms with Crippen LogP contribution in [0.4, 0.5) is 17.1 Å². The Balaban J connectivity index is 1.07. The standard InChI is InChI=1S/C48H31NO2/c1-4-10-32(11-5-1)35-16-21-38(22-17-35)49(39-23-18-36(19-24-39)33-12-6-2-7-13-33)40-25-27-42-44-31-47-43(30-48(44)51-46(42)29-40)41-26-20-37(28-45(41)50-47)34-14-8-3-9-15-34/h1-31H. The molecule has 0 spiro atoms. The summed E-state index contributed by atoms with van der Waals surface area (Å²) in [7, 11) is 0. The van der Waals surface area contributed by atoms with Gasteiger partial charge in [-0.05, 0) is 94.0 Å². The van der Waals surface area contributed by atoms with E-state index in [1.165, 1.54) is 27.8 Å². The van der Waals surface area contributed by atoms with Crippen LogP contribution in [0.1, 0.15) is 0 Å². The number of nitrogens with zero attached hydrogens (tertiary/aromatic N) is 1. The minimum absolute atomic E-state index is 0.831. The molecule has 2 heterocycles. The predicted molar refractivity (Wildman–Crippen MR) is 212 cm³/mol. The first-order valence-electron chi connectivity index (χ1n) is 17.2. The highest BCUT2D eigenvalue weighted by Gasteiger charge is 2.18. The molecule has 0 fully saturated rings. The van der Waals surface area contributed by atoms with Crippen molar-refractivity contribution in [2.24, 2.45) is 0 Å². The van der Waals surface area contributed by atoms with Crippen molar-refractivity contribution in [3.05, 3.63) is 188 Å². The highest BCUT2D eigenvalue weighted by Crippen LogP contribution is 2.42. The van der Waals surface area contributed by atoms with Crippen molar-refractivity contribution >= 4 is 60.9 Å². The summed E-state index contributed by atoms with van der Waals surface area (Å²) in [5, 5.41) is 4.23. The van der Waals surface area contributed by atoms with Gasteiger partial charge in [-0.3, -0.25) is 0 Å². The predicted octanol–water partition coefficient (Wildman–Crippen LogP) is 14.0. The van der Waals surface area contributed by atoms with Crippen molar-refractivity contribution in [1.82, 2.24) is 0 Å². The first-order chi connectivity index (χ1) is 25.2. The van der Waals surface area contributed by atoms with Crippen LogP contribution in [0.15, 0.2) is 197 Å². The molecule has 0 aliphatic rings. The van der Waals surface area contributed by atoms with Gasteiger partial charge in [-0.2, -0.15) is 0 Å². The number of furan rings is 2. The van der Waals surface area contributed by atoms with Gasteiger partial charge in [0.25, 0.3) is 0 Å². The lowest BCUT2D eigenvalue weighted by Crippen LogP contribution is -2.09. The van der Waals surface area contributed by atoms with Gasteiger partial charge in [-0.15, -0.1) is 0 Å². The normalized spacial score (nSPS) is 11.5. The fraction of sp³-hybridized carbons (Fsp3) is 0. The lowest BCUT2D eigenvalue weighted by Gasteiger charge is -2.26. The molecule has 0 saturated heterocycles. The maximum absolute atomic E-state index is 6.62. The molecule has 10 rings (SSSR count). The van der Waals surface area contributed by atoms with Gasteiger partial charge in [0.2, 0.25) is 0 Å². The van der Waals surface area contributed by atoms with Crippen LogP contribution in [0.2, 0.25) is 0 Å². The fourth-order valence-corrected chi connectivity index (χ4v) is 7.30. The molecule has 0 amide bonds. The van der Waals surface area contributed by atoms with Crippen LogP contribution >= 0.6 is 0 Å². The first-order valence-corrected chi connectivity index (χ1v) is 17.2. The van der Waals surface area contributed by atoms with Crippen molar-refractivity contribution in [3.8, 4) is 33.4 Å². The van der Waals surface area contributed by atoms with E-state index in [0.29, 0.717) is 0 Å². The van der Waals surface area contributed by atoms with Crippen LogP contribution in [0.5, 0.6) is 0 Å². The molecule has 8 aromatic carbocycles. The van der Waals surface area contributed by atoms with E-state index in [2.05, 4.69) is 175 Å². The third-order valence-corrected chi connectivity index (χ3v) is 9.88. The highest BCUT2D eigenvalue weighted by atomic mass is 16.3. The lowest BCUT2D eigenvalue weighted by atomic mass is 10.0. The third kappa shape index (κ3) is 5.15. The minimum Gasteiger partial charge on any atom is -0.456 e. The van der Waals surface area contributed by atoms with Crippen LogP contribution < -0.4 is 4.90 Å². The van der Waals surface area contributed by atoms with Crippen LogP contribution in [-0.2, 0) is 0 Å². The molecule has 0 N–H and O–H groups in total. The molecule has 3 heteroatoms. The Bertz CT molecular complexity index is 2730. The zero-order chi connectivity index (χ0) is 33.7. The topological polar surface area (TPSA) is 29.5 Å². The molecule has 240 valence electrons. The summed E-state index contributed by atoms with van der Waals surface area (Å²) in [4.78, 5) is 2.29. The van der Waals surface area contributed by atoms with Crippen molar-refractivity contribution in [1.29, 1.82) is 0 Å². The van der Waals surface area contributed by atoms with Gasteiger partial charge in [0.15, 0.2) is 0 Å². The van der Waals surface area contributed by atoms with Gasteiger partial charge in [-0.25, -0.2) is 0 Å². The van der Waals surface area contributed by atoms with Gasteiger partial charge in [0.1, 0.15) is 22.3 Å². The van der Waals surface area contributed by atoms with Crippen molar-refractivity contribution in [3.63, 3.8) is 0 Å².